The van der Waals surface area contributed by atoms with Gasteiger partial charge in [-0.05, 0) is 24.1 Å². The molecule has 1 atom stereocenters. The molecule has 1 aliphatic heterocycles. The highest BCUT2D eigenvalue weighted by molar-refractivity contribution is 5.17. The average Bonchev–Trinajstić information content (AvgIpc) is 2.99. The van der Waals surface area contributed by atoms with Gasteiger partial charge in [0, 0.05) is 44.0 Å². The fourth-order valence-electron chi connectivity index (χ4n) is 3.21. The second-order valence-electron chi connectivity index (χ2n) is 6.29. The van der Waals surface area contributed by atoms with Gasteiger partial charge in [-0.2, -0.15) is 5.10 Å². The molecule has 1 aliphatic rings. The summed E-state index contributed by atoms with van der Waals surface area (Å²) in [5.74, 6) is -0.199. The smallest absolute Gasteiger partial charge is 0.123 e. The van der Waals surface area contributed by atoms with E-state index >= 15 is 0 Å². The van der Waals surface area contributed by atoms with Crippen LogP contribution in [0.4, 0.5) is 4.39 Å². The molecule has 1 saturated heterocycles. The van der Waals surface area contributed by atoms with Gasteiger partial charge >= 0.3 is 0 Å². The lowest BCUT2D eigenvalue weighted by atomic mass is 10.1. The number of aromatic nitrogens is 2. The Hall–Kier alpha value is -1.72. The van der Waals surface area contributed by atoms with Gasteiger partial charge in [-0.1, -0.05) is 25.5 Å². The predicted molar refractivity (Wildman–Crippen MR) is 89.7 cm³/mol. The largest absolute Gasteiger partial charge is 0.314 e. The zero-order valence-electron chi connectivity index (χ0n) is 13.7. The van der Waals surface area contributed by atoms with Crippen LogP contribution in [0.5, 0.6) is 0 Å². The third kappa shape index (κ3) is 4.39. The van der Waals surface area contributed by atoms with E-state index in [-0.39, 0.29) is 5.82 Å². The minimum absolute atomic E-state index is 0.199. The van der Waals surface area contributed by atoms with Crippen molar-refractivity contribution in [3.8, 4) is 0 Å². The molecule has 0 aliphatic carbocycles. The van der Waals surface area contributed by atoms with Crippen molar-refractivity contribution in [1.82, 2.24) is 20.0 Å². The molecule has 0 spiro atoms. The van der Waals surface area contributed by atoms with E-state index in [1.165, 1.54) is 30.5 Å². The molecule has 0 amide bonds. The van der Waals surface area contributed by atoms with Crippen LogP contribution in [0.2, 0.25) is 0 Å². The molecular formula is C18H25FN4. The third-order valence-electron chi connectivity index (χ3n) is 4.42. The molecule has 0 radical (unpaired) electrons. The van der Waals surface area contributed by atoms with Gasteiger partial charge in [0.05, 0.1) is 12.7 Å². The number of halogens is 1. The Kier molecular flexibility index (Phi) is 5.41. The summed E-state index contributed by atoms with van der Waals surface area (Å²) in [6.07, 6.45) is 6.51. The van der Waals surface area contributed by atoms with Crippen LogP contribution < -0.4 is 5.32 Å². The summed E-state index contributed by atoms with van der Waals surface area (Å²) in [6.45, 7) is 7.11. The fraction of sp³-hybridized carbons (Fsp3) is 0.500. The Balaban J connectivity index is 1.61. The van der Waals surface area contributed by atoms with Crippen LogP contribution >= 0.6 is 0 Å². The van der Waals surface area contributed by atoms with Crippen molar-refractivity contribution in [1.29, 1.82) is 0 Å². The first-order chi connectivity index (χ1) is 11.2. The van der Waals surface area contributed by atoms with Crippen molar-refractivity contribution < 1.29 is 4.39 Å². The summed E-state index contributed by atoms with van der Waals surface area (Å²) in [4.78, 5) is 2.55. The maximum Gasteiger partial charge on any atom is 0.123 e. The molecule has 5 heteroatoms. The highest BCUT2D eigenvalue weighted by Gasteiger charge is 2.21. The van der Waals surface area contributed by atoms with Crippen LogP contribution in [-0.4, -0.2) is 40.4 Å². The molecule has 0 bridgehead atoms. The SMILES string of the molecule is CCCC1CNCCN1Cc1cnn(Cc2ccc(F)cc2)c1. The van der Waals surface area contributed by atoms with E-state index in [1.54, 1.807) is 0 Å². The van der Waals surface area contributed by atoms with Crippen molar-refractivity contribution in [2.45, 2.75) is 38.9 Å². The fourth-order valence-corrected chi connectivity index (χ4v) is 3.21. The van der Waals surface area contributed by atoms with Crippen molar-refractivity contribution >= 4 is 0 Å². The summed E-state index contributed by atoms with van der Waals surface area (Å²) in [6, 6.07) is 7.23. The van der Waals surface area contributed by atoms with Crippen molar-refractivity contribution in [3.63, 3.8) is 0 Å². The first-order valence-electron chi connectivity index (χ1n) is 8.45. The second-order valence-corrected chi connectivity index (χ2v) is 6.29. The Morgan fingerprint density at radius 3 is 2.83 bits per heavy atom. The standard InChI is InChI=1S/C18H25FN4/c1-2-3-18-11-20-8-9-22(18)12-16-10-21-23(14-16)13-15-4-6-17(19)7-5-15/h4-7,10,14,18,20H,2-3,8-9,11-13H2,1H3. The molecule has 2 heterocycles. The summed E-state index contributed by atoms with van der Waals surface area (Å²) >= 11 is 0. The molecular weight excluding hydrogens is 291 g/mol. The van der Waals surface area contributed by atoms with Crippen LogP contribution in [0.1, 0.15) is 30.9 Å². The lowest BCUT2D eigenvalue weighted by molar-refractivity contribution is 0.144. The molecule has 2 aromatic rings. The summed E-state index contributed by atoms with van der Waals surface area (Å²) in [7, 11) is 0. The second kappa shape index (κ2) is 7.70. The molecule has 124 valence electrons. The van der Waals surface area contributed by atoms with E-state index in [0.717, 1.165) is 31.7 Å². The van der Waals surface area contributed by atoms with E-state index in [4.69, 9.17) is 0 Å². The lowest BCUT2D eigenvalue weighted by Crippen LogP contribution is -2.50. The molecule has 1 fully saturated rings. The van der Waals surface area contributed by atoms with Crippen LogP contribution in [-0.2, 0) is 13.1 Å². The van der Waals surface area contributed by atoms with Gasteiger partial charge in [0.15, 0.2) is 0 Å². The first-order valence-corrected chi connectivity index (χ1v) is 8.45. The Morgan fingerprint density at radius 1 is 1.22 bits per heavy atom. The van der Waals surface area contributed by atoms with Gasteiger partial charge in [0.2, 0.25) is 0 Å². The lowest BCUT2D eigenvalue weighted by Gasteiger charge is -2.35. The molecule has 1 unspecified atom stereocenters. The topological polar surface area (TPSA) is 33.1 Å². The molecule has 0 saturated carbocycles. The van der Waals surface area contributed by atoms with Gasteiger partial charge in [-0.25, -0.2) is 4.39 Å². The zero-order chi connectivity index (χ0) is 16.1. The number of piperazine rings is 1. The highest BCUT2D eigenvalue weighted by Crippen LogP contribution is 2.14. The quantitative estimate of drug-likeness (QED) is 0.889. The predicted octanol–water partition coefficient (Wildman–Crippen LogP) is 2.64. The van der Waals surface area contributed by atoms with Crippen molar-refractivity contribution in [2.24, 2.45) is 0 Å². The van der Waals surface area contributed by atoms with Crippen molar-refractivity contribution in [2.75, 3.05) is 19.6 Å². The Bertz CT molecular complexity index is 606. The van der Waals surface area contributed by atoms with E-state index in [9.17, 15) is 4.39 Å². The van der Waals surface area contributed by atoms with E-state index in [2.05, 4.69) is 28.4 Å². The number of hydrogen-bond acceptors (Lipinski definition) is 3. The van der Waals surface area contributed by atoms with Gasteiger partial charge < -0.3 is 5.32 Å². The normalized spacial score (nSPS) is 19.1. The minimum atomic E-state index is -0.199. The molecule has 4 nitrogen and oxygen atoms in total. The summed E-state index contributed by atoms with van der Waals surface area (Å²) in [5.41, 5.74) is 2.31. The zero-order valence-corrected chi connectivity index (χ0v) is 13.7. The van der Waals surface area contributed by atoms with Crippen LogP contribution in [0.15, 0.2) is 36.7 Å². The monoisotopic (exact) mass is 316 g/mol. The Morgan fingerprint density at radius 2 is 2.04 bits per heavy atom. The maximum atomic E-state index is 13.0. The number of benzene rings is 1. The highest BCUT2D eigenvalue weighted by atomic mass is 19.1. The van der Waals surface area contributed by atoms with Crippen LogP contribution in [0.3, 0.4) is 0 Å². The number of nitrogens with one attached hydrogen (secondary N) is 1. The summed E-state index contributed by atoms with van der Waals surface area (Å²) in [5, 5.41) is 7.94. The van der Waals surface area contributed by atoms with Crippen molar-refractivity contribution in [3.05, 3.63) is 53.6 Å². The van der Waals surface area contributed by atoms with Crippen LogP contribution in [0.25, 0.3) is 0 Å². The average molecular weight is 316 g/mol. The van der Waals surface area contributed by atoms with Crippen LogP contribution in [0, 0.1) is 5.82 Å². The summed E-state index contributed by atoms with van der Waals surface area (Å²) < 4.78 is 14.9. The van der Waals surface area contributed by atoms with Gasteiger partial charge in [-0.3, -0.25) is 9.58 Å². The van der Waals surface area contributed by atoms with Gasteiger partial charge in [0.25, 0.3) is 0 Å². The van der Waals surface area contributed by atoms with E-state index in [1.807, 2.05) is 23.0 Å². The first kappa shape index (κ1) is 16.1. The molecule has 23 heavy (non-hydrogen) atoms. The number of rotatable bonds is 6. The van der Waals surface area contributed by atoms with Gasteiger partial charge in [0.1, 0.15) is 5.82 Å². The molecule has 3 rings (SSSR count). The third-order valence-corrected chi connectivity index (χ3v) is 4.42. The van der Waals surface area contributed by atoms with Gasteiger partial charge in [-0.15, -0.1) is 0 Å². The van der Waals surface area contributed by atoms with E-state index in [0.29, 0.717) is 12.6 Å². The maximum absolute atomic E-state index is 13.0. The Labute approximate surface area is 137 Å². The molecule has 1 aromatic carbocycles. The molecule has 1 aromatic heterocycles. The number of hydrogen-bond donors (Lipinski definition) is 1. The molecule has 1 N–H and O–H groups in total. The number of nitrogens with zero attached hydrogens (tertiary/aromatic N) is 3. The van der Waals surface area contributed by atoms with E-state index < -0.39 is 0 Å². The minimum Gasteiger partial charge on any atom is -0.314 e.